The largest absolute Gasteiger partial charge is 0.197 e. The fourth-order valence-electron chi connectivity index (χ4n) is 1.53. The van der Waals surface area contributed by atoms with Crippen LogP contribution >= 0.6 is 11.6 Å². The summed E-state index contributed by atoms with van der Waals surface area (Å²) in [6, 6.07) is 8.09. The minimum Gasteiger partial charge on any atom is -0.197 e. The highest BCUT2D eigenvalue weighted by Crippen LogP contribution is 2.32. The first-order chi connectivity index (χ1) is 6.55. The predicted molar refractivity (Wildman–Crippen MR) is 59.4 cm³/mol. The highest BCUT2D eigenvalue weighted by molar-refractivity contribution is 6.31. The molecule has 1 aromatic carbocycles. The first kappa shape index (κ1) is 11.1. The SMILES string of the molecule is CCC(C)(C#N)c1cccc(Cl)c1C. The second kappa shape index (κ2) is 4.02. The van der Waals surface area contributed by atoms with Crippen LogP contribution < -0.4 is 0 Å². The Bertz CT molecular complexity index is 378. The number of halogens is 1. The van der Waals surface area contributed by atoms with Crippen molar-refractivity contribution in [2.24, 2.45) is 0 Å². The molecule has 0 amide bonds. The lowest BCUT2D eigenvalue weighted by Crippen LogP contribution is -2.19. The molecule has 14 heavy (non-hydrogen) atoms. The molecular weight excluding hydrogens is 194 g/mol. The van der Waals surface area contributed by atoms with Gasteiger partial charge in [0, 0.05) is 5.02 Å². The van der Waals surface area contributed by atoms with E-state index in [0.29, 0.717) is 0 Å². The van der Waals surface area contributed by atoms with E-state index < -0.39 is 5.41 Å². The lowest BCUT2D eigenvalue weighted by Gasteiger charge is -2.22. The van der Waals surface area contributed by atoms with Gasteiger partial charge in [0.05, 0.1) is 11.5 Å². The molecule has 0 radical (unpaired) electrons. The molecule has 2 heteroatoms. The Morgan fingerprint density at radius 3 is 2.64 bits per heavy atom. The third-order valence-electron chi connectivity index (χ3n) is 2.82. The molecule has 0 bridgehead atoms. The molecule has 0 aromatic heterocycles. The molecule has 1 rings (SSSR count). The van der Waals surface area contributed by atoms with E-state index in [0.717, 1.165) is 22.6 Å². The van der Waals surface area contributed by atoms with Crippen LogP contribution in [-0.4, -0.2) is 0 Å². The van der Waals surface area contributed by atoms with Crippen LogP contribution in [0.2, 0.25) is 5.02 Å². The van der Waals surface area contributed by atoms with Gasteiger partial charge in [-0.15, -0.1) is 0 Å². The van der Waals surface area contributed by atoms with Gasteiger partial charge in [-0.05, 0) is 37.5 Å². The van der Waals surface area contributed by atoms with Gasteiger partial charge in [-0.25, -0.2) is 0 Å². The molecule has 1 atom stereocenters. The van der Waals surface area contributed by atoms with E-state index in [1.807, 2.05) is 39.0 Å². The van der Waals surface area contributed by atoms with Crippen molar-refractivity contribution in [3.8, 4) is 6.07 Å². The molecule has 1 aromatic rings. The van der Waals surface area contributed by atoms with Crippen molar-refractivity contribution in [2.45, 2.75) is 32.6 Å². The van der Waals surface area contributed by atoms with Gasteiger partial charge in [-0.3, -0.25) is 0 Å². The van der Waals surface area contributed by atoms with Gasteiger partial charge in [-0.1, -0.05) is 30.7 Å². The van der Waals surface area contributed by atoms with Crippen LogP contribution in [0.25, 0.3) is 0 Å². The number of nitrogens with zero attached hydrogens (tertiary/aromatic N) is 1. The summed E-state index contributed by atoms with van der Waals surface area (Å²) >= 11 is 6.02. The Morgan fingerprint density at radius 2 is 2.14 bits per heavy atom. The van der Waals surface area contributed by atoms with Crippen molar-refractivity contribution in [2.75, 3.05) is 0 Å². The average molecular weight is 208 g/mol. The Kier molecular flexibility index (Phi) is 3.18. The second-order valence-electron chi connectivity index (χ2n) is 3.71. The summed E-state index contributed by atoms with van der Waals surface area (Å²) in [6.45, 7) is 5.93. The molecule has 0 spiro atoms. The van der Waals surface area contributed by atoms with Crippen LogP contribution in [-0.2, 0) is 5.41 Å². The number of benzene rings is 1. The van der Waals surface area contributed by atoms with E-state index >= 15 is 0 Å². The molecule has 74 valence electrons. The van der Waals surface area contributed by atoms with Crippen LogP contribution in [0.5, 0.6) is 0 Å². The Morgan fingerprint density at radius 1 is 1.50 bits per heavy atom. The zero-order valence-electron chi connectivity index (χ0n) is 8.76. The highest BCUT2D eigenvalue weighted by atomic mass is 35.5. The van der Waals surface area contributed by atoms with E-state index in [2.05, 4.69) is 6.07 Å². The van der Waals surface area contributed by atoms with Gasteiger partial charge in [0.1, 0.15) is 0 Å². The van der Waals surface area contributed by atoms with E-state index in [4.69, 9.17) is 16.9 Å². The molecule has 0 aliphatic carbocycles. The first-order valence-electron chi connectivity index (χ1n) is 4.72. The van der Waals surface area contributed by atoms with Gasteiger partial charge >= 0.3 is 0 Å². The maximum absolute atomic E-state index is 9.16. The van der Waals surface area contributed by atoms with Crippen LogP contribution in [0.15, 0.2) is 18.2 Å². The summed E-state index contributed by atoms with van der Waals surface area (Å²) in [4.78, 5) is 0. The minimum absolute atomic E-state index is 0.422. The Balaban J connectivity index is 3.33. The predicted octanol–water partition coefficient (Wildman–Crippen LogP) is 3.84. The van der Waals surface area contributed by atoms with Crippen LogP contribution in [0.1, 0.15) is 31.4 Å². The fraction of sp³-hybridized carbons (Fsp3) is 0.417. The zero-order chi connectivity index (χ0) is 10.8. The van der Waals surface area contributed by atoms with E-state index in [-0.39, 0.29) is 0 Å². The van der Waals surface area contributed by atoms with Gasteiger partial charge in [0.15, 0.2) is 0 Å². The first-order valence-corrected chi connectivity index (χ1v) is 5.10. The molecule has 0 saturated heterocycles. The van der Waals surface area contributed by atoms with Crippen molar-refractivity contribution in [3.05, 3.63) is 34.3 Å². The van der Waals surface area contributed by atoms with E-state index in [9.17, 15) is 0 Å². The molecule has 0 aliphatic heterocycles. The normalized spacial score (nSPS) is 14.5. The van der Waals surface area contributed by atoms with E-state index in [1.165, 1.54) is 0 Å². The third kappa shape index (κ3) is 1.76. The topological polar surface area (TPSA) is 23.8 Å². The molecular formula is C12H14ClN. The number of hydrogen-bond acceptors (Lipinski definition) is 1. The number of hydrogen-bond donors (Lipinski definition) is 0. The molecule has 0 N–H and O–H groups in total. The molecule has 0 saturated carbocycles. The minimum atomic E-state index is -0.422. The molecule has 0 heterocycles. The summed E-state index contributed by atoms with van der Waals surface area (Å²) in [6.07, 6.45) is 0.796. The van der Waals surface area contributed by atoms with Gasteiger partial charge in [0.2, 0.25) is 0 Å². The van der Waals surface area contributed by atoms with Gasteiger partial charge in [0.25, 0.3) is 0 Å². The van der Waals surface area contributed by atoms with Crippen molar-refractivity contribution >= 4 is 11.6 Å². The second-order valence-corrected chi connectivity index (χ2v) is 4.12. The lowest BCUT2D eigenvalue weighted by molar-refractivity contribution is 0.583. The van der Waals surface area contributed by atoms with Gasteiger partial charge in [-0.2, -0.15) is 5.26 Å². The molecule has 1 unspecified atom stereocenters. The van der Waals surface area contributed by atoms with E-state index in [1.54, 1.807) is 0 Å². The smallest absolute Gasteiger partial charge is 0.0794 e. The number of nitriles is 1. The third-order valence-corrected chi connectivity index (χ3v) is 3.23. The Labute approximate surface area is 90.3 Å². The summed E-state index contributed by atoms with van der Waals surface area (Å²) < 4.78 is 0. The summed E-state index contributed by atoms with van der Waals surface area (Å²) in [7, 11) is 0. The Hall–Kier alpha value is -1.00. The summed E-state index contributed by atoms with van der Waals surface area (Å²) in [5.41, 5.74) is 1.63. The van der Waals surface area contributed by atoms with Crippen molar-refractivity contribution in [1.82, 2.24) is 0 Å². The zero-order valence-corrected chi connectivity index (χ0v) is 9.52. The highest BCUT2D eigenvalue weighted by Gasteiger charge is 2.26. The average Bonchev–Trinajstić information content (AvgIpc) is 2.21. The summed E-state index contributed by atoms with van der Waals surface area (Å²) in [5, 5.41) is 9.89. The maximum Gasteiger partial charge on any atom is 0.0794 e. The monoisotopic (exact) mass is 207 g/mol. The molecule has 0 fully saturated rings. The van der Waals surface area contributed by atoms with Crippen molar-refractivity contribution in [1.29, 1.82) is 5.26 Å². The van der Waals surface area contributed by atoms with Crippen LogP contribution in [0.3, 0.4) is 0 Å². The fourth-order valence-corrected chi connectivity index (χ4v) is 1.71. The van der Waals surface area contributed by atoms with Crippen LogP contribution in [0, 0.1) is 18.3 Å². The number of rotatable bonds is 2. The maximum atomic E-state index is 9.16. The molecule has 1 nitrogen and oxygen atoms in total. The van der Waals surface area contributed by atoms with Crippen LogP contribution in [0.4, 0.5) is 0 Å². The van der Waals surface area contributed by atoms with Gasteiger partial charge < -0.3 is 0 Å². The molecule has 0 aliphatic rings. The van der Waals surface area contributed by atoms with Crippen molar-refractivity contribution in [3.63, 3.8) is 0 Å². The lowest BCUT2D eigenvalue weighted by atomic mass is 9.79. The van der Waals surface area contributed by atoms with Crippen molar-refractivity contribution < 1.29 is 0 Å². The summed E-state index contributed by atoms with van der Waals surface area (Å²) in [5.74, 6) is 0. The standard InChI is InChI=1S/C12H14ClN/c1-4-12(3,8-14)10-6-5-7-11(13)9(10)2/h5-7H,4H2,1-3H3. The quantitative estimate of drug-likeness (QED) is 0.723.